The summed E-state index contributed by atoms with van der Waals surface area (Å²) in [5.41, 5.74) is 8.43. The molecule has 0 bridgehead atoms. The predicted molar refractivity (Wildman–Crippen MR) is 60.3 cm³/mol. The van der Waals surface area contributed by atoms with E-state index in [1.54, 1.807) is 4.68 Å². The van der Waals surface area contributed by atoms with Crippen LogP contribution in [-0.2, 0) is 18.9 Å². The fourth-order valence-corrected chi connectivity index (χ4v) is 1.68. The van der Waals surface area contributed by atoms with Crippen molar-refractivity contribution < 1.29 is 0 Å². The number of aryl methyl sites for hydroxylation is 1. The average Bonchev–Trinajstić information content (AvgIpc) is 2.32. The van der Waals surface area contributed by atoms with Crippen molar-refractivity contribution >= 4 is 5.82 Å². The van der Waals surface area contributed by atoms with Crippen molar-refractivity contribution in [2.75, 3.05) is 5.73 Å². The molecular formula is C11H21N3. The monoisotopic (exact) mass is 195 g/mol. The second kappa shape index (κ2) is 3.64. The third-order valence-electron chi connectivity index (χ3n) is 2.40. The number of anilines is 1. The lowest BCUT2D eigenvalue weighted by molar-refractivity contribution is 0.548. The molecule has 3 heteroatoms. The first-order valence-corrected chi connectivity index (χ1v) is 5.19. The smallest absolute Gasteiger partial charge is 0.124 e. The van der Waals surface area contributed by atoms with Crippen LogP contribution < -0.4 is 5.73 Å². The van der Waals surface area contributed by atoms with E-state index in [1.807, 2.05) is 7.05 Å². The maximum atomic E-state index is 5.99. The zero-order valence-corrected chi connectivity index (χ0v) is 9.89. The van der Waals surface area contributed by atoms with E-state index in [1.165, 1.54) is 5.56 Å². The van der Waals surface area contributed by atoms with Crippen LogP contribution >= 0.6 is 0 Å². The SMILES string of the molecule is CCCc1c(C(C)(C)C)nn(C)c1N. The Morgan fingerprint density at radius 2 is 1.93 bits per heavy atom. The van der Waals surface area contributed by atoms with E-state index in [9.17, 15) is 0 Å². The predicted octanol–water partition coefficient (Wildman–Crippen LogP) is 2.25. The van der Waals surface area contributed by atoms with Crippen molar-refractivity contribution in [2.24, 2.45) is 7.05 Å². The minimum Gasteiger partial charge on any atom is -0.384 e. The van der Waals surface area contributed by atoms with Gasteiger partial charge < -0.3 is 5.73 Å². The Kier molecular flexibility index (Phi) is 2.88. The van der Waals surface area contributed by atoms with Crippen molar-refractivity contribution in [1.29, 1.82) is 0 Å². The molecule has 3 nitrogen and oxygen atoms in total. The van der Waals surface area contributed by atoms with Gasteiger partial charge in [0.1, 0.15) is 5.82 Å². The van der Waals surface area contributed by atoms with Crippen LogP contribution in [0.1, 0.15) is 45.4 Å². The molecule has 2 N–H and O–H groups in total. The Hall–Kier alpha value is -0.990. The van der Waals surface area contributed by atoms with Crippen LogP contribution in [0.2, 0.25) is 0 Å². The summed E-state index contributed by atoms with van der Waals surface area (Å²) in [6.07, 6.45) is 2.13. The molecule has 0 aliphatic carbocycles. The summed E-state index contributed by atoms with van der Waals surface area (Å²) in [5, 5.41) is 4.49. The summed E-state index contributed by atoms with van der Waals surface area (Å²) in [6, 6.07) is 0. The summed E-state index contributed by atoms with van der Waals surface area (Å²) in [5.74, 6) is 0.816. The number of hydrogen-bond acceptors (Lipinski definition) is 2. The summed E-state index contributed by atoms with van der Waals surface area (Å²) >= 11 is 0. The quantitative estimate of drug-likeness (QED) is 0.786. The molecule has 0 aromatic carbocycles. The number of nitrogen functional groups attached to an aromatic ring is 1. The summed E-state index contributed by atoms with van der Waals surface area (Å²) in [4.78, 5) is 0. The Morgan fingerprint density at radius 3 is 2.36 bits per heavy atom. The molecule has 0 spiro atoms. The van der Waals surface area contributed by atoms with Crippen molar-refractivity contribution in [3.05, 3.63) is 11.3 Å². The van der Waals surface area contributed by atoms with Crippen molar-refractivity contribution in [3.8, 4) is 0 Å². The van der Waals surface area contributed by atoms with Gasteiger partial charge >= 0.3 is 0 Å². The Labute approximate surface area is 86.3 Å². The first-order valence-electron chi connectivity index (χ1n) is 5.19. The Morgan fingerprint density at radius 1 is 1.36 bits per heavy atom. The molecule has 0 radical (unpaired) electrons. The van der Waals surface area contributed by atoms with Gasteiger partial charge in [-0.1, -0.05) is 34.1 Å². The van der Waals surface area contributed by atoms with E-state index >= 15 is 0 Å². The fraction of sp³-hybridized carbons (Fsp3) is 0.727. The molecule has 14 heavy (non-hydrogen) atoms. The highest BCUT2D eigenvalue weighted by molar-refractivity contribution is 5.45. The fourth-order valence-electron chi connectivity index (χ4n) is 1.68. The van der Waals surface area contributed by atoms with Gasteiger partial charge in [-0.2, -0.15) is 5.10 Å². The lowest BCUT2D eigenvalue weighted by atomic mass is 9.88. The summed E-state index contributed by atoms with van der Waals surface area (Å²) < 4.78 is 1.78. The van der Waals surface area contributed by atoms with E-state index in [2.05, 4.69) is 32.8 Å². The van der Waals surface area contributed by atoms with Crippen LogP contribution in [0.25, 0.3) is 0 Å². The zero-order valence-electron chi connectivity index (χ0n) is 9.89. The number of nitrogens with two attached hydrogens (primary N) is 1. The van der Waals surface area contributed by atoms with E-state index in [0.29, 0.717) is 0 Å². The third kappa shape index (κ3) is 1.91. The second-order valence-electron chi connectivity index (χ2n) is 4.84. The average molecular weight is 195 g/mol. The van der Waals surface area contributed by atoms with E-state index in [0.717, 1.165) is 24.4 Å². The Bertz CT molecular complexity index is 318. The first-order chi connectivity index (χ1) is 6.38. The zero-order chi connectivity index (χ0) is 10.9. The van der Waals surface area contributed by atoms with Crippen molar-refractivity contribution in [2.45, 2.75) is 46.0 Å². The van der Waals surface area contributed by atoms with E-state index in [4.69, 9.17) is 5.73 Å². The molecule has 80 valence electrons. The van der Waals surface area contributed by atoms with Gasteiger partial charge in [-0.15, -0.1) is 0 Å². The lowest BCUT2D eigenvalue weighted by Crippen LogP contribution is -2.14. The molecule has 0 unspecified atom stereocenters. The largest absolute Gasteiger partial charge is 0.384 e. The van der Waals surface area contributed by atoms with Gasteiger partial charge in [0.15, 0.2) is 0 Å². The molecule has 0 atom stereocenters. The normalized spacial score (nSPS) is 12.1. The third-order valence-corrected chi connectivity index (χ3v) is 2.40. The molecule has 0 aliphatic rings. The van der Waals surface area contributed by atoms with Crippen LogP contribution in [-0.4, -0.2) is 9.78 Å². The van der Waals surface area contributed by atoms with Crippen LogP contribution in [0.4, 0.5) is 5.82 Å². The first kappa shape index (κ1) is 11.1. The number of hydrogen-bond donors (Lipinski definition) is 1. The van der Waals surface area contributed by atoms with Gasteiger partial charge in [0.2, 0.25) is 0 Å². The number of aromatic nitrogens is 2. The molecule has 1 aromatic rings. The van der Waals surface area contributed by atoms with Crippen LogP contribution in [0.3, 0.4) is 0 Å². The molecule has 1 aromatic heterocycles. The highest BCUT2D eigenvalue weighted by atomic mass is 15.3. The highest BCUT2D eigenvalue weighted by Crippen LogP contribution is 2.28. The van der Waals surface area contributed by atoms with Gasteiger partial charge in [-0.05, 0) is 6.42 Å². The van der Waals surface area contributed by atoms with E-state index in [-0.39, 0.29) is 5.41 Å². The number of rotatable bonds is 2. The summed E-state index contributed by atoms with van der Waals surface area (Å²) in [7, 11) is 1.91. The van der Waals surface area contributed by atoms with Crippen LogP contribution in [0.5, 0.6) is 0 Å². The van der Waals surface area contributed by atoms with Crippen molar-refractivity contribution in [3.63, 3.8) is 0 Å². The maximum absolute atomic E-state index is 5.99. The van der Waals surface area contributed by atoms with Crippen molar-refractivity contribution in [1.82, 2.24) is 9.78 Å². The van der Waals surface area contributed by atoms with E-state index < -0.39 is 0 Å². The molecule has 0 fully saturated rings. The van der Waals surface area contributed by atoms with Gasteiger partial charge in [-0.25, -0.2) is 0 Å². The standard InChI is InChI=1S/C11H21N3/c1-6-7-8-9(11(2,3)4)13-14(5)10(8)12/h6-7,12H2,1-5H3. The molecule has 0 amide bonds. The van der Waals surface area contributed by atoms with Crippen LogP contribution in [0, 0.1) is 0 Å². The Balaban J connectivity index is 3.22. The molecule has 1 rings (SSSR count). The second-order valence-corrected chi connectivity index (χ2v) is 4.84. The molecule has 0 saturated carbocycles. The minimum absolute atomic E-state index is 0.0832. The minimum atomic E-state index is 0.0832. The molecular weight excluding hydrogens is 174 g/mol. The number of nitrogens with zero attached hydrogens (tertiary/aromatic N) is 2. The maximum Gasteiger partial charge on any atom is 0.124 e. The molecule has 1 heterocycles. The van der Waals surface area contributed by atoms with Gasteiger partial charge in [-0.3, -0.25) is 4.68 Å². The molecule has 0 aliphatic heterocycles. The summed E-state index contributed by atoms with van der Waals surface area (Å²) in [6.45, 7) is 8.69. The highest BCUT2D eigenvalue weighted by Gasteiger charge is 2.23. The van der Waals surface area contributed by atoms with Gasteiger partial charge in [0.25, 0.3) is 0 Å². The van der Waals surface area contributed by atoms with Crippen LogP contribution in [0.15, 0.2) is 0 Å². The van der Waals surface area contributed by atoms with Gasteiger partial charge in [0, 0.05) is 18.0 Å². The van der Waals surface area contributed by atoms with Gasteiger partial charge in [0.05, 0.1) is 5.69 Å². The lowest BCUT2D eigenvalue weighted by Gasteiger charge is -2.17. The topological polar surface area (TPSA) is 43.8 Å². The molecule has 0 saturated heterocycles.